The second kappa shape index (κ2) is 2.09. The maximum atomic E-state index is 9.23. The molecule has 0 aromatic carbocycles. The van der Waals surface area contributed by atoms with Crippen LogP contribution in [-0.2, 0) is 0 Å². The van der Waals surface area contributed by atoms with Gasteiger partial charge < -0.3 is 9.67 Å². The van der Waals surface area contributed by atoms with Crippen LogP contribution in [0.3, 0.4) is 0 Å². The van der Waals surface area contributed by atoms with Gasteiger partial charge in [-0.25, -0.2) is 4.98 Å². The molecule has 2 atom stereocenters. The van der Waals surface area contributed by atoms with Crippen molar-refractivity contribution in [3.05, 3.63) is 18.7 Å². The van der Waals surface area contributed by atoms with E-state index in [1.165, 1.54) is 0 Å². The lowest BCUT2D eigenvalue weighted by atomic mass is 9.89. The van der Waals surface area contributed by atoms with Gasteiger partial charge in [0.1, 0.15) is 0 Å². The van der Waals surface area contributed by atoms with E-state index in [9.17, 15) is 5.11 Å². The van der Waals surface area contributed by atoms with Crippen molar-refractivity contribution in [3.8, 4) is 0 Å². The molecule has 0 saturated heterocycles. The zero-order valence-electron chi connectivity index (χ0n) is 5.64. The van der Waals surface area contributed by atoms with Crippen molar-refractivity contribution in [2.45, 2.75) is 25.0 Å². The van der Waals surface area contributed by atoms with Crippen molar-refractivity contribution in [3.63, 3.8) is 0 Å². The third-order valence-corrected chi connectivity index (χ3v) is 2.11. The molecule has 54 valence electrons. The maximum absolute atomic E-state index is 9.23. The molecule has 0 spiro atoms. The summed E-state index contributed by atoms with van der Waals surface area (Å²) < 4.78 is 1.97. The molecule has 0 radical (unpaired) electrons. The molecular formula is C7H10N2O. The Morgan fingerprint density at radius 1 is 1.50 bits per heavy atom. The molecule has 1 aromatic heterocycles. The Labute approximate surface area is 59.3 Å². The second-order valence-corrected chi connectivity index (χ2v) is 2.72. The topological polar surface area (TPSA) is 38.0 Å². The Morgan fingerprint density at radius 2 is 2.40 bits per heavy atom. The predicted molar refractivity (Wildman–Crippen MR) is 36.5 cm³/mol. The molecule has 2 rings (SSSR count). The fourth-order valence-corrected chi connectivity index (χ4v) is 1.28. The smallest absolute Gasteiger partial charge is 0.0949 e. The van der Waals surface area contributed by atoms with Gasteiger partial charge >= 0.3 is 0 Å². The van der Waals surface area contributed by atoms with E-state index in [1.807, 2.05) is 10.8 Å². The first kappa shape index (κ1) is 5.92. The number of aliphatic hydroxyl groups is 1. The van der Waals surface area contributed by atoms with E-state index in [-0.39, 0.29) is 6.10 Å². The summed E-state index contributed by atoms with van der Waals surface area (Å²) in [7, 11) is 0. The normalized spacial score (nSPS) is 31.7. The lowest BCUT2D eigenvalue weighted by molar-refractivity contribution is 0.0316. The summed E-state index contributed by atoms with van der Waals surface area (Å²) in [4.78, 5) is 3.91. The first-order chi connectivity index (χ1) is 4.88. The van der Waals surface area contributed by atoms with E-state index in [0.717, 1.165) is 12.8 Å². The second-order valence-electron chi connectivity index (χ2n) is 2.72. The number of aliphatic hydroxyl groups excluding tert-OH is 1. The first-order valence-corrected chi connectivity index (χ1v) is 3.53. The molecular weight excluding hydrogens is 128 g/mol. The summed E-state index contributed by atoms with van der Waals surface area (Å²) in [6, 6.07) is 0.294. The minimum absolute atomic E-state index is 0.144. The van der Waals surface area contributed by atoms with Crippen LogP contribution in [0.2, 0.25) is 0 Å². The van der Waals surface area contributed by atoms with Gasteiger partial charge in [0.2, 0.25) is 0 Å². The van der Waals surface area contributed by atoms with Crippen LogP contribution in [0, 0.1) is 0 Å². The lowest BCUT2D eigenvalue weighted by Crippen LogP contribution is -2.32. The molecule has 1 saturated carbocycles. The number of nitrogens with zero attached hydrogens (tertiary/aromatic N) is 2. The molecule has 1 fully saturated rings. The summed E-state index contributed by atoms with van der Waals surface area (Å²) in [6.45, 7) is 0. The number of imidazole rings is 1. The molecule has 3 heteroatoms. The van der Waals surface area contributed by atoms with Gasteiger partial charge in [-0.3, -0.25) is 0 Å². The maximum Gasteiger partial charge on any atom is 0.0949 e. The fourth-order valence-electron chi connectivity index (χ4n) is 1.28. The van der Waals surface area contributed by atoms with Crippen LogP contribution in [0.5, 0.6) is 0 Å². The summed E-state index contributed by atoms with van der Waals surface area (Å²) in [5.41, 5.74) is 0. The van der Waals surface area contributed by atoms with Crippen LogP contribution >= 0.6 is 0 Å². The molecule has 1 aliphatic carbocycles. The Morgan fingerprint density at radius 3 is 2.80 bits per heavy atom. The lowest BCUT2D eigenvalue weighted by Gasteiger charge is -2.33. The Hall–Kier alpha value is -0.830. The van der Waals surface area contributed by atoms with E-state index in [0.29, 0.717) is 6.04 Å². The predicted octanol–water partition coefficient (Wildman–Crippen LogP) is 0.579. The van der Waals surface area contributed by atoms with Gasteiger partial charge in [0.05, 0.1) is 18.5 Å². The first-order valence-electron chi connectivity index (χ1n) is 3.53. The van der Waals surface area contributed by atoms with Crippen LogP contribution in [0.4, 0.5) is 0 Å². The van der Waals surface area contributed by atoms with E-state index in [1.54, 1.807) is 12.5 Å². The van der Waals surface area contributed by atoms with Crippen LogP contribution < -0.4 is 0 Å². The molecule has 0 amide bonds. The molecule has 1 N–H and O–H groups in total. The van der Waals surface area contributed by atoms with Crippen LogP contribution in [0.25, 0.3) is 0 Å². The summed E-state index contributed by atoms with van der Waals surface area (Å²) >= 11 is 0. The van der Waals surface area contributed by atoms with Crippen molar-refractivity contribution in [2.75, 3.05) is 0 Å². The van der Waals surface area contributed by atoms with E-state index in [2.05, 4.69) is 4.98 Å². The molecule has 1 aromatic rings. The van der Waals surface area contributed by atoms with Gasteiger partial charge in [-0.15, -0.1) is 0 Å². The Kier molecular flexibility index (Phi) is 1.24. The highest BCUT2D eigenvalue weighted by atomic mass is 16.3. The summed E-state index contributed by atoms with van der Waals surface area (Å²) in [5, 5.41) is 9.23. The van der Waals surface area contributed by atoms with Gasteiger partial charge in [-0.2, -0.15) is 0 Å². The highest BCUT2D eigenvalue weighted by molar-refractivity contribution is 4.90. The third kappa shape index (κ3) is 0.743. The molecule has 1 heterocycles. The van der Waals surface area contributed by atoms with Crippen molar-refractivity contribution in [1.82, 2.24) is 9.55 Å². The largest absolute Gasteiger partial charge is 0.391 e. The highest BCUT2D eigenvalue weighted by Gasteiger charge is 2.29. The monoisotopic (exact) mass is 138 g/mol. The van der Waals surface area contributed by atoms with Gasteiger partial charge in [-0.1, -0.05) is 0 Å². The van der Waals surface area contributed by atoms with E-state index < -0.39 is 0 Å². The van der Waals surface area contributed by atoms with Crippen LogP contribution in [0.15, 0.2) is 18.7 Å². The van der Waals surface area contributed by atoms with Crippen molar-refractivity contribution in [1.29, 1.82) is 0 Å². The van der Waals surface area contributed by atoms with E-state index >= 15 is 0 Å². The standard InChI is InChI=1S/C7H10N2O/c10-7-2-1-6(7)9-4-3-8-5-9/h3-7,10H,1-2H2/t6-,7-/m1/s1. The molecule has 0 unspecified atom stereocenters. The van der Waals surface area contributed by atoms with Crippen molar-refractivity contribution in [2.24, 2.45) is 0 Å². The average Bonchev–Trinajstić information content (AvgIpc) is 2.37. The Bertz CT molecular complexity index is 207. The van der Waals surface area contributed by atoms with Gasteiger partial charge in [-0.05, 0) is 12.8 Å². The summed E-state index contributed by atoms with van der Waals surface area (Å²) in [6.07, 6.45) is 7.26. The zero-order chi connectivity index (χ0) is 6.97. The minimum Gasteiger partial charge on any atom is -0.391 e. The number of aromatic nitrogens is 2. The quantitative estimate of drug-likeness (QED) is 0.616. The van der Waals surface area contributed by atoms with Gasteiger partial charge in [0.15, 0.2) is 0 Å². The van der Waals surface area contributed by atoms with E-state index in [4.69, 9.17) is 0 Å². The molecule has 3 nitrogen and oxygen atoms in total. The number of hydrogen-bond acceptors (Lipinski definition) is 2. The molecule has 0 aliphatic heterocycles. The van der Waals surface area contributed by atoms with Crippen molar-refractivity contribution >= 4 is 0 Å². The third-order valence-electron chi connectivity index (χ3n) is 2.11. The summed E-state index contributed by atoms with van der Waals surface area (Å²) in [5.74, 6) is 0. The number of rotatable bonds is 1. The van der Waals surface area contributed by atoms with Crippen molar-refractivity contribution < 1.29 is 5.11 Å². The zero-order valence-corrected chi connectivity index (χ0v) is 5.64. The minimum atomic E-state index is -0.144. The van der Waals surface area contributed by atoms with Crippen LogP contribution in [-0.4, -0.2) is 20.8 Å². The highest BCUT2D eigenvalue weighted by Crippen LogP contribution is 2.31. The Balaban J connectivity index is 2.14. The number of hydrogen-bond donors (Lipinski definition) is 1. The van der Waals surface area contributed by atoms with Gasteiger partial charge in [0.25, 0.3) is 0 Å². The molecule has 1 aliphatic rings. The van der Waals surface area contributed by atoms with Gasteiger partial charge in [0, 0.05) is 12.4 Å². The fraction of sp³-hybridized carbons (Fsp3) is 0.571. The average molecular weight is 138 g/mol. The molecule has 0 bridgehead atoms. The molecule has 10 heavy (non-hydrogen) atoms. The van der Waals surface area contributed by atoms with Crippen LogP contribution in [0.1, 0.15) is 18.9 Å². The SMILES string of the molecule is O[C@@H]1CC[C@H]1n1ccnc1.